The fourth-order valence-corrected chi connectivity index (χ4v) is 3.33. The predicted octanol–water partition coefficient (Wildman–Crippen LogP) is 2.65. The molecule has 0 amide bonds. The van der Waals surface area contributed by atoms with Crippen LogP contribution in [0.5, 0.6) is 0 Å². The molecule has 1 saturated heterocycles. The molecule has 3 heteroatoms. The van der Waals surface area contributed by atoms with Gasteiger partial charge in [-0.15, -0.1) is 0 Å². The highest BCUT2D eigenvalue weighted by atomic mass is 16.5. The van der Waals surface area contributed by atoms with Gasteiger partial charge in [0.05, 0.1) is 6.10 Å². The van der Waals surface area contributed by atoms with Crippen LogP contribution in [-0.4, -0.2) is 37.2 Å². The summed E-state index contributed by atoms with van der Waals surface area (Å²) >= 11 is 0. The first kappa shape index (κ1) is 12.9. The maximum Gasteiger partial charge on any atom is 0.0703 e. The summed E-state index contributed by atoms with van der Waals surface area (Å²) in [6.07, 6.45) is 3.98. The second-order valence-electron chi connectivity index (χ2n) is 5.87. The number of nitrogens with zero attached hydrogens (tertiary/aromatic N) is 1. The van der Waals surface area contributed by atoms with Crippen LogP contribution in [-0.2, 0) is 17.7 Å². The van der Waals surface area contributed by atoms with Crippen molar-refractivity contribution in [2.75, 3.05) is 25.5 Å². The van der Waals surface area contributed by atoms with Crippen molar-refractivity contribution >= 4 is 5.69 Å². The zero-order chi connectivity index (χ0) is 13.2. The van der Waals surface area contributed by atoms with E-state index in [1.165, 1.54) is 29.7 Å². The maximum atomic E-state index is 5.66. The van der Waals surface area contributed by atoms with Crippen molar-refractivity contribution in [3.63, 3.8) is 0 Å². The molecule has 3 rings (SSSR count). The topological polar surface area (TPSA) is 24.5 Å². The molecule has 0 saturated carbocycles. The number of anilines is 1. The first-order valence-corrected chi connectivity index (χ1v) is 7.41. The van der Waals surface area contributed by atoms with Crippen LogP contribution in [0.25, 0.3) is 0 Å². The van der Waals surface area contributed by atoms with Crippen LogP contribution in [0.4, 0.5) is 5.69 Å². The molecule has 1 N–H and O–H groups in total. The number of ether oxygens (including phenoxy) is 1. The van der Waals surface area contributed by atoms with Crippen molar-refractivity contribution in [2.24, 2.45) is 0 Å². The molecule has 19 heavy (non-hydrogen) atoms. The van der Waals surface area contributed by atoms with Crippen molar-refractivity contribution < 1.29 is 4.74 Å². The molecule has 2 heterocycles. The Hall–Kier alpha value is -1.06. The molecule has 0 aliphatic carbocycles. The van der Waals surface area contributed by atoms with E-state index in [0.717, 1.165) is 26.1 Å². The highest BCUT2D eigenvalue weighted by Gasteiger charge is 2.27. The third-order valence-electron chi connectivity index (χ3n) is 4.44. The smallest absolute Gasteiger partial charge is 0.0703 e. The Morgan fingerprint density at radius 3 is 3.11 bits per heavy atom. The Morgan fingerprint density at radius 1 is 1.42 bits per heavy atom. The first-order chi connectivity index (χ1) is 9.24. The van der Waals surface area contributed by atoms with E-state index in [1.54, 1.807) is 0 Å². The van der Waals surface area contributed by atoms with E-state index >= 15 is 0 Å². The van der Waals surface area contributed by atoms with Gasteiger partial charge in [-0.1, -0.05) is 12.1 Å². The van der Waals surface area contributed by atoms with Crippen LogP contribution in [0.15, 0.2) is 18.2 Å². The lowest BCUT2D eigenvalue weighted by atomic mass is 10.00. The summed E-state index contributed by atoms with van der Waals surface area (Å²) in [6.45, 7) is 5.23. The first-order valence-electron chi connectivity index (χ1n) is 7.41. The van der Waals surface area contributed by atoms with Crippen molar-refractivity contribution in [1.29, 1.82) is 0 Å². The fraction of sp³-hybridized carbons (Fsp3) is 0.625. The minimum absolute atomic E-state index is 0.365. The van der Waals surface area contributed by atoms with Gasteiger partial charge >= 0.3 is 0 Å². The van der Waals surface area contributed by atoms with E-state index in [4.69, 9.17) is 4.74 Å². The molecule has 1 fully saturated rings. The zero-order valence-electron chi connectivity index (χ0n) is 12.0. The highest BCUT2D eigenvalue weighted by Crippen LogP contribution is 2.25. The quantitative estimate of drug-likeness (QED) is 0.904. The number of hydrogen-bond donors (Lipinski definition) is 1. The monoisotopic (exact) mass is 260 g/mol. The number of likely N-dealkylation sites (N-methyl/N-ethyl adjacent to an activating group) is 1. The van der Waals surface area contributed by atoms with Crippen LogP contribution >= 0.6 is 0 Å². The van der Waals surface area contributed by atoms with Gasteiger partial charge in [-0.3, -0.25) is 4.90 Å². The van der Waals surface area contributed by atoms with E-state index in [0.29, 0.717) is 12.1 Å². The molecular weight excluding hydrogens is 236 g/mol. The number of benzene rings is 1. The second-order valence-corrected chi connectivity index (χ2v) is 5.87. The molecule has 3 nitrogen and oxygen atoms in total. The minimum Gasteiger partial charge on any atom is -0.385 e. The molecule has 2 aliphatic heterocycles. The van der Waals surface area contributed by atoms with Gasteiger partial charge in [0.2, 0.25) is 0 Å². The maximum absolute atomic E-state index is 5.66. The van der Waals surface area contributed by atoms with Gasteiger partial charge in [-0.05, 0) is 50.4 Å². The molecule has 1 aromatic rings. The van der Waals surface area contributed by atoms with E-state index in [9.17, 15) is 0 Å². The molecule has 1 aromatic carbocycles. The molecule has 2 aliphatic rings. The summed E-state index contributed by atoms with van der Waals surface area (Å²) in [5.74, 6) is 0. The van der Waals surface area contributed by atoms with Crippen molar-refractivity contribution in [3.8, 4) is 0 Å². The largest absolute Gasteiger partial charge is 0.385 e. The third-order valence-corrected chi connectivity index (χ3v) is 4.44. The van der Waals surface area contributed by atoms with Crippen LogP contribution in [0.3, 0.4) is 0 Å². The van der Waals surface area contributed by atoms with Crippen molar-refractivity contribution in [3.05, 3.63) is 29.3 Å². The van der Waals surface area contributed by atoms with Gasteiger partial charge in [0.1, 0.15) is 0 Å². The molecule has 0 aromatic heterocycles. The second kappa shape index (κ2) is 5.51. The molecule has 2 atom stereocenters. The number of nitrogens with one attached hydrogen (secondary N) is 1. The lowest BCUT2D eigenvalue weighted by molar-refractivity contribution is 0.0814. The Balaban J connectivity index is 1.69. The summed E-state index contributed by atoms with van der Waals surface area (Å²) < 4.78 is 5.66. The van der Waals surface area contributed by atoms with Gasteiger partial charge < -0.3 is 10.1 Å². The molecule has 0 bridgehead atoms. The minimum atomic E-state index is 0.365. The van der Waals surface area contributed by atoms with Crippen molar-refractivity contribution in [1.82, 2.24) is 4.90 Å². The average molecular weight is 260 g/mol. The molecule has 0 radical (unpaired) electrons. The summed E-state index contributed by atoms with van der Waals surface area (Å²) in [4.78, 5) is 2.44. The zero-order valence-corrected chi connectivity index (χ0v) is 12.0. The summed E-state index contributed by atoms with van der Waals surface area (Å²) in [5, 5.41) is 3.47. The van der Waals surface area contributed by atoms with Gasteiger partial charge in [0.25, 0.3) is 0 Å². The SMILES string of the molecule is CC1OCCC1N(C)Cc1ccc2c(c1)CCCN2. The number of hydrogen-bond acceptors (Lipinski definition) is 3. The Morgan fingerprint density at radius 2 is 2.32 bits per heavy atom. The molecule has 2 unspecified atom stereocenters. The van der Waals surface area contributed by atoms with Crippen LogP contribution in [0, 0.1) is 0 Å². The predicted molar refractivity (Wildman–Crippen MR) is 78.5 cm³/mol. The number of aryl methyl sites for hydroxylation is 1. The number of rotatable bonds is 3. The van der Waals surface area contributed by atoms with Crippen LogP contribution in [0.1, 0.15) is 30.9 Å². The normalized spacial score (nSPS) is 26.3. The van der Waals surface area contributed by atoms with Gasteiger partial charge in [-0.25, -0.2) is 0 Å². The summed E-state index contributed by atoms with van der Waals surface area (Å²) in [5.41, 5.74) is 4.23. The molecular formula is C16H24N2O. The lowest BCUT2D eigenvalue weighted by Gasteiger charge is -2.27. The summed E-state index contributed by atoms with van der Waals surface area (Å²) in [7, 11) is 2.22. The number of fused-ring (bicyclic) bond motifs is 1. The molecule has 104 valence electrons. The van der Waals surface area contributed by atoms with Gasteiger partial charge in [0, 0.05) is 31.4 Å². The average Bonchev–Trinajstić information content (AvgIpc) is 2.85. The Bertz CT molecular complexity index is 446. The van der Waals surface area contributed by atoms with Crippen molar-refractivity contribution in [2.45, 2.75) is 44.9 Å². The van der Waals surface area contributed by atoms with Crippen LogP contribution in [0.2, 0.25) is 0 Å². The van der Waals surface area contributed by atoms with E-state index in [-0.39, 0.29) is 0 Å². The lowest BCUT2D eigenvalue weighted by Crippen LogP contribution is -2.36. The third kappa shape index (κ3) is 2.77. The standard InChI is InChI=1S/C16H24N2O/c1-12-16(7-9-19-12)18(2)11-13-5-6-15-14(10-13)4-3-8-17-15/h5-6,10,12,16-17H,3-4,7-9,11H2,1-2H3. The fourth-order valence-electron chi connectivity index (χ4n) is 3.33. The molecule has 0 spiro atoms. The van der Waals surface area contributed by atoms with E-state index < -0.39 is 0 Å². The van der Waals surface area contributed by atoms with Gasteiger partial charge in [-0.2, -0.15) is 0 Å². The Kier molecular flexibility index (Phi) is 3.76. The highest BCUT2D eigenvalue weighted by molar-refractivity contribution is 5.54. The van der Waals surface area contributed by atoms with E-state index in [2.05, 4.69) is 42.4 Å². The van der Waals surface area contributed by atoms with E-state index in [1.807, 2.05) is 0 Å². The Labute approximate surface area is 115 Å². The summed E-state index contributed by atoms with van der Waals surface area (Å²) in [6, 6.07) is 7.44. The van der Waals surface area contributed by atoms with Crippen LogP contribution < -0.4 is 5.32 Å². The van der Waals surface area contributed by atoms with Gasteiger partial charge in [0.15, 0.2) is 0 Å².